The molecule has 1 aromatic rings. The summed E-state index contributed by atoms with van der Waals surface area (Å²) in [6.07, 6.45) is -7.43. The van der Waals surface area contributed by atoms with Crippen LogP contribution in [-0.2, 0) is 10.2 Å². The molecular formula is C10H5F7O3S. The zero-order chi connectivity index (χ0) is 16.5. The molecule has 0 aliphatic rings. The van der Waals surface area contributed by atoms with Crippen LogP contribution in [0.25, 0.3) is 6.08 Å². The van der Waals surface area contributed by atoms with Crippen molar-refractivity contribution in [3.63, 3.8) is 0 Å². The summed E-state index contributed by atoms with van der Waals surface area (Å²) >= 11 is 0. The number of benzene rings is 1. The molecule has 0 aliphatic carbocycles. The van der Waals surface area contributed by atoms with Crippen LogP contribution < -0.4 is 4.74 Å². The fraction of sp³-hybridized carbons (Fsp3) is 0.200. The molecule has 1 aromatic carbocycles. The number of halogens is 7. The highest BCUT2D eigenvalue weighted by Crippen LogP contribution is 2.41. The highest BCUT2D eigenvalue weighted by atomic mass is 32.3. The number of ether oxygens (including phenoxy) is 1. The van der Waals surface area contributed by atoms with Gasteiger partial charge in [-0.15, -0.1) is 0 Å². The van der Waals surface area contributed by atoms with Gasteiger partial charge in [0.1, 0.15) is 5.75 Å². The molecule has 0 aliphatic heterocycles. The van der Waals surface area contributed by atoms with Crippen molar-refractivity contribution in [3.05, 3.63) is 35.9 Å². The van der Waals surface area contributed by atoms with E-state index in [1.165, 1.54) is 0 Å². The predicted octanol–water partition coefficient (Wildman–Crippen LogP) is 3.79. The first-order chi connectivity index (χ1) is 9.37. The van der Waals surface area contributed by atoms with Crippen molar-refractivity contribution in [2.75, 3.05) is 0 Å². The van der Waals surface area contributed by atoms with Gasteiger partial charge in [-0.05, 0) is 17.7 Å². The van der Waals surface area contributed by atoms with E-state index in [0.29, 0.717) is 18.2 Å². The van der Waals surface area contributed by atoms with Gasteiger partial charge in [-0.1, -0.05) is 16.0 Å². The van der Waals surface area contributed by atoms with Crippen LogP contribution in [0, 0.1) is 0 Å². The third-order valence-electron chi connectivity index (χ3n) is 2.05. The number of rotatable bonds is 5. The average Bonchev–Trinajstić information content (AvgIpc) is 2.29. The van der Waals surface area contributed by atoms with Gasteiger partial charge in [0.2, 0.25) is 0 Å². The van der Waals surface area contributed by atoms with Crippen molar-refractivity contribution in [2.24, 2.45) is 0 Å². The number of hydrogen-bond acceptors (Lipinski definition) is 3. The molecule has 0 spiro atoms. The second-order valence-electron chi connectivity index (χ2n) is 3.58. The number of alkyl halides is 4. The van der Waals surface area contributed by atoms with Crippen LogP contribution in [0.4, 0.5) is 30.2 Å². The van der Waals surface area contributed by atoms with E-state index in [4.69, 9.17) is 0 Å². The smallest absolute Gasteiger partial charge is 0.427 e. The van der Waals surface area contributed by atoms with E-state index in [2.05, 4.69) is 4.74 Å². The summed E-state index contributed by atoms with van der Waals surface area (Å²) in [6, 6.07) is 2.83. The van der Waals surface area contributed by atoms with Crippen LogP contribution in [0.15, 0.2) is 30.3 Å². The van der Waals surface area contributed by atoms with Crippen LogP contribution in [0.2, 0.25) is 0 Å². The Hall–Kier alpha value is -1.78. The summed E-state index contributed by atoms with van der Waals surface area (Å²) < 4.78 is 111. The summed E-state index contributed by atoms with van der Waals surface area (Å²) in [6.45, 7) is 0. The molecule has 1 rings (SSSR count). The maximum Gasteiger partial charge on any atom is 0.483 e. The van der Waals surface area contributed by atoms with Gasteiger partial charge >= 0.3 is 21.6 Å². The molecule has 0 saturated carbocycles. The van der Waals surface area contributed by atoms with Crippen molar-refractivity contribution >= 4 is 16.3 Å². The van der Waals surface area contributed by atoms with E-state index >= 15 is 0 Å². The maximum atomic E-state index is 13.0. The van der Waals surface area contributed by atoms with Gasteiger partial charge in [-0.3, -0.25) is 0 Å². The van der Waals surface area contributed by atoms with Gasteiger partial charge in [0.25, 0.3) is 6.08 Å². The Morgan fingerprint density at radius 2 is 1.52 bits per heavy atom. The third-order valence-corrected chi connectivity index (χ3v) is 2.90. The summed E-state index contributed by atoms with van der Waals surface area (Å²) in [4.78, 5) is 0. The summed E-state index contributed by atoms with van der Waals surface area (Å²) in [5, 5.41) is -6.11. The quantitative estimate of drug-likeness (QED) is 0.606. The molecule has 3 nitrogen and oxygen atoms in total. The molecule has 118 valence electrons. The average molecular weight is 338 g/mol. The minimum atomic E-state index is -6.92. The molecular weight excluding hydrogens is 333 g/mol. The maximum absolute atomic E-state index is 13.0. The standard InChI is InChI=1S/C10H5F7O3S/c11-8(12)5-6-1-3-7(4-2-6)20-9(13,14)10(15,16)21(17,18)19/h1-5H. The van der Waals surface area contributed by atoms with Crippen LogP contribution in [0.1, 0.15) is 5.56 Å². The van der Waals surface area contributed by atoms with E-state index in [0.717, 1.165) is 12.1 Å². The van der Waals surface area contributed by atoms with Crippen LogP contribution in [0.3, 0.4) is 0 Å². The Kier molecular flexibility index (Phi) is 4.56. The van der Waals surface area contributed by atoms with Crippen molar-refractivity contribution in [3.8, 4) is 5.75 Å². The second kappa shape index (κ2) is 5.54. The largest absolute Gasteiger partial charge is 0.483 e. The molecule has 0 heterocycles. The first-order valence-corrected chi connectivity index (χ1v) is 6.27. The van der Waals surface area contributed by atoms with Crippen molar-refractivity contribution in [1.29, 1.82) is 0 Å². The van der Waals surface area contributed by atoms with E-state index in [1.807, 2.05) is 0 Å². The van der Waals surface area contributed by atoms with Gasteiger partial charge in [0.05, 0.1) is 0 Å². The minimum absolute atomic E-state index is 0.157. The zero-order valence-electron chi connectivity index (χ0n) is 9.67. The number of hydrogen-bond donors (Lipinski definition) is 0. The summed E-state index contributed by atoms with van der Waals surface area (Å²) in [5.41, 5.74) is -0.157. The Balaban J connectivity index is 3.02. The van der Waals surface area contributed by atoms with E-state index < -0.39 is 33.4 Å². The molecule has 0 amide bonds. The van der Waals surface area contributed by atoms with Crippen LogP contribution >= 0.6 is 0 Å². The molecule has 0 atom stereocenters. The first-order valence-electron chi connectivity index (χ1n) is 4.88. The van der Waals surface area contributed by atoms with Crippen LogP contribution in [-0.4, -0.2) is 19.8 Å². The minimum Gasteiger partial charge on any atom is -0.427 e. The Morgan fingerprint density at radius 1 is 1.05 bits per heavy atom. The van der Waals surface area contributed by atoms with Gasteiger partial charge < -0.3 is 4.74 Å². The molecule has 0 unspecified atom stereocenters. The lowest BCUT2D eigenvalue weighted by Gasteiger charge is -2.23. The second-order valence-corrected chi connectivity index (χ2v) is 4.96. The molecule has 21 heavy (non-hydrogen) atoms. The van der Waals surface area contributed by atoms with Crippen molar-refractivity contribution in [1.82, 2.24) is 0 Å². The molecule has 11 heteroatoms. The highest BCUT2D eigenvalue weighted by Gasteiger charge is 2.70. The summed E-state index contributed by atoms with van der Waals surface area (Å²) in [5.74, 6) is -0.972. The third kappa shape index (κ3) is 3.86. The molecule has 0 saturated heterocycles. The van der Waals surface area contributed by atoms with Gasteiger partial charge in [0, 0.05) is 6.08 Å². The SMILES string of the molecule is O=S(=O)(F)C(F)(F)C(F)(F)Oc1ccc(C=C(F)F)cc1. The first kappa shape index (κ1) is 17.3. The molecule has 0 N–H and O–H groups in total. The lowest BCUT2D eigenvalue weighted by molar-refractivity contribution is -0.273. The fourth-order valence-corrected chi connectivity index (χ4v) is 1.43. The lowest BCUT2D eigenvalue weighted by atomic mass is 10.2. The van der Waals surface area contributed by atoms with Crippen molar-refractivity contribution < 1.29 is 43.4 Å². The topological polar surface area (TPSA) is 43.4 Å². The Morgan fingerprint density at radius 3 is 1.90 bits per heavy atom. The Bertz CT molecular complexity index is 633. The normalized spacial score (nSPS) is 12.9. The highest BCUT2D eigenvalue weighted by molar-refractivity contribution is 7.87. The fourth-order valence-electron chi connectivity index (χ4n) is 1.11. The van der Waals surface area contributed by atoms with Gasteiger partial charge in [-0.2, -0.15) is 34.8 Å². The van der Waals surface area contributed by atoms with Crippen LogP contribution in [0.5, 0.6) is 5.75 Å². The molecule has 0 radical (unpaired) electrons. The monoisotopic (exact) mass is 338 g/mol. The van der Waals surface area contributed by atoms with Crippen molar-refractivity contribution in [2.45, 2.75) is 11.4 Å². The van der Waals surface area contributed by atoms with E-state index in [1.54, 1.807) is 0 Å². The van der Waals surface area contributed by atoms with Gasteiger partial charge in [-0.25, -0.2) is 0 Å². The van der Waals surface area contributed by atoms with E-state index in [-0.39, 0.29) is 5.56 Å². The molecule has 0 bridgehead atoms. The van der Waals surface area contributed by atoms with Gasteiger partial charge in [0.15, 0.2) is 0 Å². The van der Waals surface area contributed by atoms with E-state index in [9.17, 15) is 38.6 Å². The molecule has 0 fully saturated rings. The molecule has 0 aromatic heterocycles. The Labute approximate surface area is 113 Å². The predicted molar refractivity (Wildman–Crippen MR) is 57.2 cm³/mol. The summed E-state index contributed by atoms with van der Waals surface area (Å²) in [7, 11) is -6.92. The lowest BCUT2D eigenvalue weighted by Crippen LogP contribution is -2.49. The zero-order valence-corrected chi connectivity index (χ0v) is 10.5.